The van der Waals surface area contributed by atoms with Gasteiger partial charge in [-0.05, 0) is 35.9 Å². The van der Waals surface area contributed by atoms with Crippen molar-refractivity contribution in [1.29, 1.82) is 5.26 Å². The van der Waals surface area contributed by atoms with Crippen molar-refractivity contribution >= 4 is 40.3 Å². The lowest BCUT2D eigenvalue weighted by atomic mass is 10.1. The van der Waals surface area contributed by atoms with Gasteiger partial charge in [-0.15, -0.1) is 11.3 Å². The minimum Gasteiger partial charge on any atom is -0.258 e. The molecule has 0 N–H and O–H groups in total. The maximum absolute atomic E-state index is 10.6. The summed E-state index contributed by atoms with van der Waals surface area (Å²) in [5.41, 5.74) is 1.08. The number of halogens is 1. The smallest absolute Gasteiger partial charge is 0.258 e. The number of rotatable bonds is 3. The fraction of sp³-hybridized carbons (Fsp3) is 0. The summed E-state index contributed by atoms with van der Waals surface area (Å²) in [5, 5.41) is 19.7. The minimum absolute atomic E-state index is 0.000192. The van der Waals surface area contributed by atoms with Gasteiger partial charge in [0.25, 0.3) is 5.69 Å². The van der Waals surface area contributed by atoms with Crippen LogP contribution in [-0.2, 0) is 0 Å². The van der Waals surface area contributed by atoms with E-state index in [1.54, 1.807) is 24.3 Å². The van der Waals surface area contributed by atoms with Gasteiger partial charge in [-0.2, -0.15) is 5.26 Å². The first kappa shape index (κ1) is 13.3. The fourth-order valence-corrected chi connectivity index (χ4v) is 2.50. The van der Waals surface area contributed by atoms with E-state index in [4.69, 9.17) is 16.9 Å². The van der Waals surface area contributed by atoms with E-state index in [0.29, 0.717) is 15.5 Å². The van der Waals surface area contributed by atoms with Gasteiger partial charge >= 0.3 is 0 Å². The number of nitro groups is 1. The molecule has 2 aromatic rings. The molecule has 0 aliphatic carbocycles. The van der Waals surface area contributed by atoms with Crippen molar-refractivity contribution in [1.82, 2.24) is 0 Å². The highest BCUT2D eigenvalue weighted by Gasteiger charge is 2.07. The molecule has 0 fully saturated rings. The molecule has 0 saturated carbocycles. The van der Waals surface area contributed by atoms with E-state index in [2.05, 4.69) is 6.07 Å². The van der Waals surface area contributed by atoms with Crippen molar-refractivity contribution in [2.45, 2.75) is 0 Å². The second kappa shape index (κ2) is 5.65. The number of thiophene rings is 1. The first-order chi connectivity index (χ1) is 9.10. The first-order valence-corrected chi connectivity index (χ1v) is 6.41. The quantitative estimate of drug-likeness (QED) is 0.479. The number of nitrogens with zero attached hydrogens (tertiary/aromatic N) is 2. The molecule has 0 aliphatic heterocycles. The van der Waals surface area contributed by atoms with E-state index in [1.807, 2.05) is 6.07 Å². The van der Waals surface area contributed by atoms with Gasteiger partial charge in [-0.1, -0.05) is 11.6 Å². The number of non-ortho nitro benzene ring substituents is 1. The molecule has 0 saturated heterocycles. The Balaban J connectivity index is 2.35. The Bertz CT molecular complexity index is 683. The van der Waals surface area contributed by atoms with E-state index in [0.717, 1.165) is 4.88 Å². The lowest BCUT2D eigenvalue weighted by molar-refractivity contribution is -0.384. The van der Waals surface area contributed by atoms with Crippen molar-refractivity contribution < 1.29 is 4.92 Å². The summed E-state index contributed by atoms with van der Waals surface area (Å²) in [6.07, 6.45) is 1.71. The van der Waals surface area contributed by atoms with Gasteiger partial charge in [0.1, 0.15) is 0 Å². The normalized spacial score (nSPS) is 11.1. The largest absolute Gasteiger partial charge is 0.269 e. The average molecular weight is 291 g/mol. The van der Waals surface area contributed by atoms with Crippen molar-refractivity contribution in [2.75, 3.05) is 0 Å². The lowest BCUT2D eigenvalue weighted by Crippen LogP contribution is -1.88. The zero-order chi connectivity index (χ0) is 13.8. The molecular formula is C13H7ClN2O2S. The molecular weight excluding hydrogens is 284 g/mol. The Kier molecular flexibility index (Phi) is 3.95. The second-order valence-electron chi connectivity index (χ2n) is 3.62. The number of hydrogen-bond acceptors (Lipinski definition) is 4. The molecule has 0 radical (unpaired) electrons. The van der Waals surface area contributed by atoms with Crippen LogP contribution in [0.5, 0.6) is 0 Å². The van der Waals surface area contributed by atoms with Crippen LogP contribution in [0.3, 0.4) is 0 Å². The zero-order valence-electron chi connectivity index (χ0n) is 9.54. The van der Waals surface area contributed by atoms with Gasteiger partial charge in [-0.25, -0.2) is 0 Å². The van der Waals surface area contributed by atoms with Crippen LogP contribution in [0.15, 0.2) is 36.4 Å². The Morgan fingerprint density at radius 3 is 2.47 bits per heavy atom. The van der Waals surface area contributed by atoms with Crippen LogP contribution in [0, 0.1) is 21.4 Å². The second-order valence-corrected chi connectivity index (χ2v) is 5.36. The predicted octanol–water partition coefficient (Wildman–Crippen LogP) is 4.37. The summed E-state index contributed by atoms with van der Waals surface area (Å²) >= 11 is 7.18. The van der Waals surface area contributed by atoms with Gasteiger partial charge in [0.2, 0.25) is 0 Å². The molecule has 0 aliphatic rings. The van der Waals surface area contributed by atoms with E-state index < -0.39 is 4.92 Å². The van der Waals surface area contributed by atoms with Crippen molar-refractivity contribution in [2.24, 2.45) is 0 Å². The monoisotopic (exact) mass is 290 g/mol. The van der Waals surface area contributed by atoms with Crippen LogP contribution in [0.2, 0.25) is 4.34 Å². The molecule has 0 bridgehead atoms. The van der Waals surface area contributed by atoms with E-state index in [9.17, 15) is 10.1 Å². The predicted molar refractivity (Wildman–Crippen MR) is 75.9 cm³/mol. The van der Waals surface area contributed by atoms with Crippen LogP contribution >= 0.6 is 22.9 Å². The Hall–Kier alpha value is -2.16. The van der Waals surface area contributed by atoms with Gasteiger partial charge in [-0.3, -0.25) is 10.1 Å². The average Bonchev–Trinajstić information content (AvgIpc) is 2.81. The molecule has 0 unspecified atom stereocenters. The van der Waals surface area contributed by atoms with Crippen LogP contribution in [0.1, 0.15) is 10.4 Å². The Labute approximate surface area is 118 Å². The maximum Gasteiger partial charge on any atom is 0.269 e. The number of benzene rings is 1. The molecule has 19 heavy (non-hydrogen) atoms. The van der Waals surface area contributed by atoms with Crippen LogP contribution in [-0.4, -0.2) is 4.92 Å². The zero-order valence-corrected chi connectivity index (χ0v) is 11.1. The van der Waals surface area contributed by atoms with Crippen LogP contribution < -0.4 is 0 Å². The summed E-state index contributed by atoms with van der Waals surface area (Å²) < 4.78 is 0.646. The van der Waals surface area contributed by atoms with E-state index >= 15 is 0 Å². The number of nitro benzene ring substituents is 1. The molecule has 2 rings (SSSR count). The van der Waals surface area contributed by atoms with E-state index in [1.165, 1.54) is 23.5 Å². The van der Waals surface area contributed by atoms with Crippen molar-refractivity contribution in [3.63, 3.8) is 0 Å². The highest BCUT2D eigenvalue weighted by Crippen LogP contribution is 2.26. The number of allylic oxidation sites excluding steroid dienone is 1. The highest BCUT2D eigenvalue weighted by atomic mass is 35.5. The summed E-state index contributed by atoms with van der Waals surface area (Å²) in [7, 11) is 0. The van der Waals surface area contributed by atoms with Gasteiger partial charge < -0.3 is 0 Å². The molecule has 0 atom stereocenters. The van der Waals surface area contributed by atoms with Crippen molar-refractivity contribution in [3.05, 3.63) is 61.3 Å². The summed E-state index contributed by atoms with van der Waals surface area (Å²) in [6.45, 7) is 0. The fourth-order valence-electron chi connectivity index (χ4n) is 1.49. The summed E-state index contributed by atoms with van der Waals surface area (Å²) in [4.78, 5) is 10.9. The molecule has 0 spiro atoms. The third-order valence-corrected chi connectivity index (χ3v) is 3.57. The molecule has 94 valence electrons. The SMILES string of the molecule is N#CC(=Cc1ccc(Cl)s1)c1ccc([N+](=O)[O-])cc1. The van der Waals surface area contributed by atoms with Crippen LogP contribution in [0.25, 0.3) is 11.6 Å². The molecule has 4 nitrogen and oxygen atoms in total. The first-order valence-electron chi connectivity index (χ1n) is 5.22. The minimum atomic E-state index is -0.474. The van der Waals surface area contributed by atoms with E-state index in [-0.39, 0.29) is 5.69 Å². The highest BCUT2D eigenvalue weighted by molar-refractivity contribution is 7.17. The Morgan fingerprint density at radius 2 is 2.00 bits per heavy atom. The number of nitriles is 1. The molecule has 1 aromatic carbocycles. The molecule has 0 amide bonds. The number of hydrogen-bond donors (Lipinski definition) is 0. The molecule has 1 heterocycles. The third kappa shape index (κ3) is 3.19. The third-order valence-electron chi connectivity index (χ3n) is 2.39. The lowest BCUT2D eigenvalue weighted by Gasteiger charge is -1.98. The van der Waals surface area contributed by atoms with Gasteiger partial charge in [0.05, 0.1) is 20.9 Å². The molecule has 1 aromatic heterocycles. The Morgan fingerprint density at radius 1 is 1.32 bits per heavy atom. The van der Waals surface area contributed by atoms with Crippen molar-refractivity contribution in [3.8, 4) is 6.07 Å². The summed E-state index contributed by atoms with van der Waals surface area (Å²) in [6, 6.07) is 11.5. The topological polar surface area (TPSA) is 66.9 Å². The summed E-state index contributed by atoms with van der Waals surface area (Å²) in [5.74, 6) is 0. The van der Waals surface area contributed by atoms with Gasteiger partial charge in [0, 0.05) is 17.0 Å². The molecule has 6 heteroatoms. The maximum atomic E-state index is 10.6. The standard InChI is InChI=1S/C13H7ClN2O2S/c14-13-6-5-12(19-13)7-10(8-15)9-1-3-11(4-2-9)16(17)18/h1-7H. The van der Waals surface area contributed by atoms with Crippen LogP contribution in [0.4, 0.5) is 5.69 Å². The van der Waals surface area contributed by atoms with Gasteiger partial charge in [0.15, 0.2) is 0 Å².